The summed E-state index contributed by atoms with van der Waals surface area (Å²) in [6.45, 7) is 12.0. The summed E-state index contributed by atoms with van der Waals surface area (Å²) < 4.78 is 68.8. The minimum Gasteiger partial charge on any atom is -0.462 e. The van der Waals surface area contributed by atoms with Gasteiger partial charge in [-0.2, -0.15) is 0 Å². The van der Waals surface area contributed by atoms with E-state index in [0.29, 0.717) is 25.7 Å². The molecular formula is C83H162O17P2. The molecule has 2 unspecified atom stereocenters. The number of ether oxygens (including phenoxy) is 4. The van der Waals surface area contributed by atoms with Crippen LogP contribution in [0.3, 0.4) is 0 Å². The highest BCUT2D eigenvalue weighted by molar-refractivity contribution is 7.47. The molecule has 17 nitrogen and oxygen atoms in total. The molecule has 3 N–H and O–H groups in total. The molecule has 0 radical (unpaired) electrons. The summed E-state index contributed by atoms with van der Waals surface area (Å²) in [6, 6.07) is 0. The van der Waals surface area contributed by atoms with Crippen LogP contribution in [-0.2, 0) is 65.4 Å². The summed E-state index contributed by atoms with van der Waals surface area (Å²) >= 11 is 0. The molecule has 0 bridgehead atoms. The lowest BCUT2D eigenvalue weighted by atomic mass is 10.0. The molecule has 102 heavy (non-hydrogen) atoms. The number of hydrogen-bond donors (Lipinski definition) is 3. The molecule has 606 valence electrons. The number of rotatable bonds is 81. The van der Waals surface area contributed by atoms with Gasteiger partial charge in [0.05, 0.1) is 26.4 Å². The van der Waals surface area contributed by atoms with Gasteiger partial charge in [0, 0.05) is 25.7 Å². The van der Waals surface area contributed by atoms with Crippen LogP contribution in [0.4, 0.5) is 0 Å². The number of phosphoric acid groups is 2. The molecule has 0 aliphatic rings. The number of phosphoric ester groups is 2. The number of aliphatic hydroxyl groups excluding tert-OH is 1. The first-order valence-corrected chi connectivity index (χ1v) is 45.8. The summed E-state index contributed by atoms with van der Waals surface area (Å²) in [7, 11) is -9.92. The molecule has 0 spiro atoms. The lowest BCUT2D eigenvalue weighted by Gasteiger charge is -2.21. The van der Waals surface area contributed by atoms with Crippen molar-refractivity contribution in [2.45, 2.75) is 452 Å². The normalized spacial score (nSPS) is 13.9. The molecular weight excluding hydrogens is 1330 g/mol. The monoisotopic (exact) mass is 1490 g/mol. The largest absolute Gasteiger partial charge is 0.472 e. The van der Waals surface area contributed by atoms with Crippen molar-refractivity contribution in [2.75, 3.05) is 39.6 Å². The van der Waals surface area contributed by atoms with Gasteiger partial charge in [0.25, 0.3) is 0 Å². The summed E-state index contributed by atoms with van der Waals surface area (Å²) in [5.74, 6) is 0.256. The Balaban J connectivity index is 5.24. The third kappa shape index (κ3) is 76.3. The molecule has 0 aromatic heterocycles. The molecule has 0 saturated heterocycles. The van der Waals surface area contributed by atoms with Crippen LogP contribution in [0.25, 0.3) is 0 Å². The minimum atomic E-state index is -4.96. The smallest absolute Gasteiger partial charge is 0.462 e. The van der Waals surface area contributed by atoms with E-state index in [2.05, 4.69) is 48.5 Å². The van der Waals surface area contributed by atoms with E-state index in [9.17, 15) is 43.2 Å². The molecule has 0 aliphatic carbocycles. The summed E-state index contributed by atoms with van der Waals surface area (Å²) in [5, 5.41) is 10.7. The quantitative estimate of drug-likeness (QED) is 0.0222. The highest BCUT2D eigenvalue weighted by atomic mass is 31.2. The third-order valence-corrected chi connectivity index (χ3v) is 21.3. The van der Waals surface area contributed by atoms with E-state index in [1.165, 1.54) is 244 Å². The highest BCUT2D eigenvalue weighted by Gasteiger charge is 2.30. The second-order valence-corrected chi connectivity index (χ2v) is 34.2. The fourth-order valence-corrected chi connectivity index (χ4v) is 14.4. The Labute approximate surface area is 626 Å². The zero-order valence-electron chi connectivity index (χ0n) is 67.1. The van der Waals surface area contributed by atoms with Crippen LogP contribution in [0, 0.1) is 17.8 Å². The average molecular weight is 1490 g/mol. The standard InChI is InChI=1S/C83H162O17P2/c1-8-9-10-11-12-13-14-28-36-43-50-57-64-80(85)93-71-79(100-83(88)67-60-53-46-39-32-31-35-42-49-56-63-76(6)7)73-98-102(91,92)96-69-77(84)68-95-101(89,90)97-72-78(70-94-81(86)65-58-51-44-37-29-25-21-23-27-34-41-48-55-62-75(4)5)99-82(87)66-59-52-45-38-30-24-20-18-16-15-17-19-22-26-33-40-47-54-61-74(2)3/h74-79,84H,8-73H2,1-7H3,(H,89,90)(H,91,92)/t77-,78-,79-/m1/s1. The molecule has 0 fully saturated rings. The first-order chi connectivity index (χ1) is 49.2. The van der Waals surface area contributed by atoms with Crippen molar-refractivity contribution in [3.8, 4) is 0 Å². The van der Waals surface area contributed by atoms with Crippen LogP contribution >= 0.6 is 15.6 Å². The van der Waals surface area contributed by atoms with Crippen molar-refractivity contribution in [3.63, 3.8) is 0 Å². The lowest BCUT2D eigenvalue weighted by Crippen LogP contribution is -2.30. The van der Waals surface area contributed by atoms with Crippen molar-refractivity contribution in [2.24, 2.45) is 17.8 Å². The zero-order valence-corrected chi connectivity index (χ0v) is 68.9. The number of unbranched alkanes of at least 4 members (excludes halogenated alkanes) is 49. The first-order valence-electron chi connectivity index (χ1n) is 42.8. The second-order valence-electron chi connectivity index (χ2n) is 31.3. The van der Waals surface area contributed by atoms with Crippen molar-refractivity contribution in [3.05, 3.63) is 0 Å². The van der Waals surface area contributed by atoms with Crippen molar-refractivity contribution >= 4 is 39.5 Å². The van der Waals surface area contributed by atoms with E-state index < -0.39 is 97.5 Å². The topological polar surface area (TPSA) is 237 Å². The maximum absolute atomic E-state index is 13.1. The summed E-state index contributed by atoms with van der Waals surface area (Å²) in [4.78, 5) is 73.1. The molecule has 0 rings (SSSR count). The van der Waals surface area contributed by atoms with Gasteiger partial charge in [-0.15, -0.1) is 0 Å². The van der Waals surface area contributed by atoms with Crippen molar-refractivity contribution in [1.82, 2.24) is 0 Å². The van der Waals surface area contributed by atoms with E-state index in [1.807, 2.05) is 0 Å². The van der Waals surface area contributed by atoms with Gasteiger partial charge >= 0.3 is 39.5 Å². The van der Waals surface area contributed by atoms with Crippen LogP contribution in [0.5, 0.6) is 0 Å². The molecule has 0 aromatic carbocycles. The third-order valence-electron chi connectivity index (χ3n) is 19.4. The summed E-state index contributed by atoms with van der Waals surface area (Å²) in [6.07, 6.45) is 62.4. The molecule has 0 amide bonds. The Kier molecular flexibility index (Phi) is 71.8. The number of hydrogen-bond acceptors (Lipinski definition) is 15. The van der Waals surface area contributed by atoms with Gasteiger partial charge in [0.1, 0.15) is 19.3 Å². The van der Waals surface area contributed by atoms with Gasteiger partial charge in [-0.25, -0.2) is 9.13 Å². The van der Waals surface area contributed by atoms with E-state index in [0.717, 1.165) is 108 Å². The van der Waals surface area contributed by atoms with Crippen molar-refractivity contribution in [1.29, 1.82) is 0 Å². The van der Waals surface area contributed by atoms with Crippen LogP contribution in [0.1, 0.15) is 434 Å². The lowest BCUT2D eigenvalue weighted by molar-refractivity contribution is -0.161. The van der Waals surface area contributed by atoms with E-state index >= 15 is 0 Å². The van der Waals surface area contributed by atoms with Crippen LogP contribution in [0.2, 0.25) is 0 Å². The molecule has 0 heterocycles. The van der Waals surface area contributed by atoms with Gasteiger partial charge in [0.2, 0.25) is 0 Å². The highest BCUT2D eigenvalue weighted by Crippen LogP contribution is 2.45. The summed E-state index contributed by atoms with van der Waals surface area (Å²) in [5.41, 5.74) is 0. The molecule has 19 heteroatoms. The Bertz CT molecular complexity index is 1970. The van der Waals surface area contributed by atoms with Gasteiger partial charge < -0.3 is 33.8 Å². The SMILES string of the molecule is CCCCCCCCCCCCCCC(=O)OC[C@H](COP(=O)(O)OC[C@H](O)COP(=O)(O)OC[C@@H](COC(=O)CCCCCCCCCCCCCCCC(C)C)OC(=O)CCCCCCCCCCCCCCCCCCCCC(C)C)OC(=O)CCCCCCCCCCCCC(C)C. The maximum Gasteiger partial charge on any atom is 0.472 e. The average Bonchev–Trinajstić information content (AvgIpc) is 1.09. The van der Waals surface area contributed by atoms with Crippen LogP contribution in [-0.4, -0.2) is 96.7 Å². The van der Waals surface area contributed by atoms with Gasteiger partial charge in [-0.1, -0.05) is 382 Å². The predicted molar refractivity (Wildman–Crippen MR) is 418 cm³/mol. The minimum absolute atomic E-state index is 0.106. The van der Waals surface area contributed by atoms with E-state index in [1.54, 1.807) is 0 Å². The van der Waals surface area contributed by atoms with E-state index in [4.69, 9.17) is 37.0 Å². The first kappa shape index (κ1) is 100. The van der Waals surface area contributed by atoms with Crippen LogP contribution < -0.4 is 0 Å². The van der Waals surface area contributed by atoms with Crippen molar-refractivity contribution < 1.29 is 80.2 Å². The van der Waals surface area contributed by atoms with Crippen LogP contribution in [0.15, 0.2) is 0 Å². The Morgan fingerprint density at radius 2 is 0.451 bits per heavy atom. The number of carbonyl (C=O) groups is 4. The molecule has 5 atom stereocenters. The number of esters is 4. The Hall–Kier alpha value is -1.94. The zero-order chi connectivity index (χ0) is 75.1. The number of aliphatic hydroxyl groups is 1. The second kappa shape index (κ2) is 73.2. The predicted octanol–water partition coefficient (Wildman–Crippen LogP) is 24.9. The molecule has 0 aliphatic heterocycles. The van der Waals surface area contributed by atoms with Gasteiger partial charge in [-0.3, -0.25) is 37.3 Å². The fourth-order valence-electron chi connectivity index (χ4n) is 12.8. The van der Waals surface area contributed by atoms with E-state index in [-0.39, 0.29) is 25.7 Å². The Morgan fingerprint density at radius 3 is 0.667 bits per heavy atom. The van der Waals surface area contributed by atoms with Gasteiger partial charge in [-0.05, 0) is 43.4 Å². The molecule has 0 saturated carbocycles. The fraction of sp³-hybridized carbons (Fsp3) is 0.952. The molecule has 0 aromatic rings. The number of carbonyl (C=O) groups excluding carboxylic acids is 4. The maximum atomic E-state index is 13.1. The van der Waals surface area contributed by atoms with Gasteiger partial charge in [0.15, 0.2) is 12.2 Å². The Morgan fingerprint density at radius 1 is 0.265 bits per heavy atom.